The van der Waals surface area contributed by atoms with E-state index in [1.165, 1.54) is 61.3 Å². The van der Waals surface area contributed by atoms with Crippen molar-refractivity contribution in [2.24, 2.45) is 5.92 Å². The van der Waals surface area contributed by atoms with Crippen molar-refractivity contribution in [3.8, 4) is 0 Å². The summed E-state index contributed by atoms with van der Waals surface area (Å²) < 4.78 is 27.4. The van der Waals surface area contributed by atoms with Crippen LogP contribution >= 0.6 is 0 Å². The maximum Gasteiger partial charge on any atom is 0.162 e. The largest absolute Gasteiger partial charge is 0.204 e. The summed E-state index contributed by atoms with van der Waals surface area (Å²) in [6.07, 6.45) is 11.4. The van der Waals surface area contributed by atoms with E-state index < -0.39 is 11.6 Å². The number of allylic oxidation sites excluding steroid dienone is 1. The summed E-state index contributed by atoms with van der Waals surface area (Å²) in [5, 5.41) is 0. The fraction of sp³-hybridized carbons (Fsp3) is 0.440. The van der Waals surface area contributed by atoms with E-state index in [2.05, 4.69) is 31.2 Å². The molecule has 2 aromatic carbocycles. The molecule has 1 fully saturated rings. The summed E-state index contributed by atoms with van der Waals surface area (Å²) in [5.41, 5.74) is 5.20. The lowest BCUT2D eigenvalue weighted by atomic mass is 9.77. The van der Waals surface area contributed by atoms with Crippen LogP contribution in [-0.2, 0) is 6.42 Å². The molecule has 0 spiro atoms. The normalized spacial score (nSPS) is 22.3. The predicted molar refractivity (Wildman–Crippen MR) is 109 cm³/mol. The fourth-order valence-corrected chi connectivity index (χ4v) is 4.91. The van der Waals surface area contributed by atoms with Crippen LogP contribution in [0.1, 0.15) is 80.0 Å². The first-order valence-electron chi connectivity index (χ1n) is 10.4. The van der Waals surface area contributed by atoms with Gasteiger partial charge in [0.05, 0.1) is 0 Å². The number of halogens is 2. The topological polar surface area (TPSA) is 0 Å². The van der Waals surface area contributed by atoms with Gasteiger partial charge in [0, 0.05) is 0 Å². The molecule has 0 amide bonds. The summed E-state index contributed by atoms with van der Waals surface area (Å²) in [6.45, 7) is 2.29. The van der Waals surface area contributed by atoms with Gasteiger partial charge in [0.15, 0.2) is 11.6 Å². The monoisotopic (exact) mass is 366 g/mol. The van der Waals surface area contributed by atoms with Crippen LogP contribution in [0.5, 0.6) is 0 Å². The maximum atomic E-state index is 13.9. The zero-order valence-electron chi connectivity index (χ0n) is 16.1. The molecule has 0 unspecified atom stereocenters. The third kappa shape index (κ3) is 3.85. The first-order chi connectivity index (χ1) is 13.2. The van der Waals surface area contributed by atoms with E-state index in [-0.39, 0.29) is 0 Å². The first-order valence-corrected chi connectivity index (χ1v) is 10.4. The highest BCUT2D eigenvalue weighted by molar-refractivity contribution is 5.84. The highest BCUT2D eigenvalue weighted by atomic mass is 19.2. The highest BCUT2D eigenvalue weighted by Crippen LogP contribution is 2.38. The molecule has 0 atom stereocenters. The van der Waals surface area contributed by atoms with Crippen LogP contribution < -0.4 is 0 Å². The number of benzene rings is 2. The minimum Gasteiger partial charge on any atom is -0.204 e. The van der Waals surface area contributed by atoms with Gasteiger partial charge < -0.3 is 0 Å². The van der Waals surface area contributed by atoms with Crippen molar-refractivity contribution < 1.29 is 8.78 Å². The zero-order chi connectivity index (χ0) is 18.8. The van der Waals surface area contributed by atoms with E-state index in [0.717, 1.165) is 17.9 Å². The van der Waals surface area contributed by atoms with Crippen LogP contribution in [0.3, 0.4) is 0 Å². The second kappa shape index (κ2) is 7.96. The molecule has 142 valence electrons. The van der Waals surface area contributed by atoms with Crippen LogP contribution in [-0.4, -0.2) is 0 Å². The zero-order valence-corrected chi connectivity index (χ0v) is 16.1. The molecular formula is C25H28F2. The Morgan fingerprint density at radius 3 is 2.33 bits per heavy atom. The Bertz CT molecular complexity index is 824. The van der Waals surface area contributed by atoms with Gasteiger partial charge in [-0.05, 0) is 84.3 Å². The van der Waals surface area contributed by atoms with Crippen molar-refractivity contribution in [1.29, 1.82) is 0 Å². The van der Waals surface area contributed by atoms with Crippen molar-refractivity contribution in [2.45, 2.75) is 64.2 Å². The van der Waals surface area contributed by atoms with Crippen LogP contribution in [0.2, 0.25) is 0 Å². The molecule has 0 aliphatic heterocycles. The SMILES string of the molecule is CCCC1CCC(c2ccc(C3=Cc4ccc(F)c(F)c4CC3)cc2)CC1. The molecule has 2 heteroatoms. The first kappa shape index (κ1) is 18.4. The van der Waals surface area contributed by atoms with Crippen LogP contribution in [0.15, 0.2) is 36.4 Å². The molecule has 27 heavy (non-hydrogen) atoms. The van der Waals surface area contributed by atoms with Crippen molar-refractivity contribution in [2.75, 3.05) is 0 Å². The molecule has 0 heterocycles. The van der Waals surface area contributed by atoms with Gasteiger partial charge in [0.1, 0.15) is 0 Å². The number of fused-ring (bicyclic) bond motifs is 1. The quantitative estimate of drug-likeness (QED) is 0.525. The van der Waals surface area contributed by atoms with Crippen molar-refractivity contribution in [3.05, 3.63) is 70.3 Å². The molecule has 0 radical (unpaired) electrons. The van der Waals surface area contributed by atoms with Gasteiger partial charge >= 0.3 is 0 Å². The Morgan fingerprint density at radius 1 is 0.889 bits per heavy atom. The lowest BCUT2D eigenvalue weighted by molar-refractivity contribution is 0.308. The Morgan fingerprint density at radius 2 is 1.63 bits per heavy atom. The minimum absolute atomic E-state index is 0.513. The van der Waals surface area contributed by atoms with E-state index >= 15 is 0 Å². The van der Waals surface area contributed by atoms with Crippen LogP contribution in [0, 0.1) is 17.6 Å². The van der Waals surface area contributed by atoms with Crippen molar-refractivity contribution >= 4 is 11.6 Å². The van der Waals surface area contributed by atoms with Crippen molar-refractivity contribution in [3.63, 3.8) is 0 Å². The summed E-state index contributed by atoms with van der Waals surface area (Å²) >= 11 is 0. The molecule has 2 aliphatic carbocycles. The molecule has 2 aromatic rings. The molecule has 0 N–H and O–H groups in total. The Hall–Kier alpha value is -1.96. The third-order valence-corrected chi connectivity index (χ3v) is 6.50. The Labute approximate surface area is 161 Å². The van der Waals surface area contributed by atoms with E-state index in [1.807, 2.05) is 6.08 Å². The fourth-order valence-electron chi connectivity index (χ4n) is 4.91. The summed E-state index contributed by atoms with van der Waals surface area (Å²) in [5.74, 6) is 0.203. The van der Waals surface area contributed by atoms with E-state index in [9.17, 15) is 8.78 Å². The highest BCUT2D eigenvalue weighted by Gasteiger charge is 2.22. The van der Waals surface area contributed by atoms with Gasteiger partial charge in [-0.1, -0.05) is 56.2 Å². The van der Waals surface area contributed by atoms with Gasteiger partial charge in [-0.3, -0.25) is 0 Å². The minimum atomic E-state index is -0.747. The number of rotatable bonds is 4. The second-order valence-corrected chi connectivity index (χ2v) is 8.23. The van der Waals surface area contributed by atoms with Gasteiger partial charge in [-0.25, -0.2) is 8.78 Å². The molecular weight excluding hydrogens is 338 g/mol. The van der Waals surface area contributed by atoms with Crippen molar-refractivity contribution in [1.82, 2.24) is 0 Å². The second-order valence-electron chi connectivity index (χ2n) is 8.23. The van der Waals surface area contributed by atoms with Gasteiger partial charge in [0.2, 0.25) is 0 Å². The Kier molecular flexibility index (Phi) is 5.43. The Balaban J connectivity index is 1.48. The van der Waals surface area contributed by atoms with Gasteiger partial charge in [-0.15, -0.1) is 0 Å². The van der Waals surface area contributed by atoms with Gasteiger partial charge in [0.25, 0.3) is 0 Å². The molecule has 0 saturated heterocycles. The lowest BCUT2D eigenvalue weighted by Crippen LogP contribution is -2.13. The molecule has 0 nitrogen and oxygen atoms in total. The van der Waals surface area contributed by atoms with E-state index in [1.54, 1.807) is 6.07 Å². The maximum absolute atomic E-state index is 13.9. The van der Waals surface area contributed by atoms with E-state index in [0.29, 0.717) is 17.9 Å². The molecule has 2 aliphatic rings. The summed E-state index contributed by atoms with van der Waals surface area (Å²) in [6, 6.07) is 11.9. The van der Waals surface area contributed by atoms with Crippen LogP contribution in [0.25, 0.3) is 11.6 Å². The van der Waals surface area contributed by atoms with E-state index in [4.69, 9.17) is 0 Å². The predicted octanol–water partition coefficient (Wildman–Crippen LogP) is 7.53. The molecule has 1 saturated carbocycles. The third-order valence-electron chi connectivity index (χ3n) is 6.50. The number of hydrogen-bond acceptors (Lipinski definition) is 0. The molecule has 4 rings (SSSR count). The standard InChI is InChI=1S/C25H28F2/c1-2-3-17-4-6-18(7-5-17)19-8-10-20(11-9-19)21-12-14-23-22(16-21)13-15-24(26)25(23)27/h8-11,13,15-18H,2-7,12,14H2,1H3. The lowest BCUT2D eigenvalue weighted by Gasteiger charge is -2.28. The smallest absolute Gasteiger partial charge is 0.162 e. The summed E-state index contributed by atoms with van der Waals surface area (Å²) in [7, 11) is 0. The molecule has 0 aromatic heterocycles. The van der Waals surface area contributed by atoms with Gasteiger partial charge in [-0.2, -0.15) is 0 Å². The average Bonchev–Trinajstić information content (AvgIpc) is 2.72. The average molecular weight is 366 g/mol. The number of hydrogen-bond donors (Lipinski definition) is 0. The van der Waals surface area contributed by atoms with Crippen LogP contribution in [0.4, 0.5) is 8.78 Å². The molecule has 0 bridgehead atoms. The summed E-state index contributed by atoms with van der Waals surface area (Å²) in [4.78, 5) is 0.